The van der Waals surface area contributed by atoms with E-state index in [1.54, 1.807) is 7.05 Å². The number of nitrogens with one attached hydrogen (secondary N) is 1. The molecule has 2 amide bonds. The highest BCUT2D eigenvalue weighted by Crippen LogP contribution is 2.07. The molecule has 0 aliphatic carbocycles. The molecule has 4 nitrogen and oxygen atoms in total. The molecule has 2 N–H and O–H groups in total. The monoisotopic (exact) mass is 230 g/mol. The van der Waals surface area contributed by atoms with Gasteiger partial charge < -0.3 is 15.3 Å². The van der Waals surface area contributed by atoms with Crippen LogP contribution in [0.25, 0.3) is 0 Å². The van der Waals surface area contributed by atoms with Gasteiger partial charge in [0.15, 0.2) is 0 Å². The zero-order valence-electron chi connectivity index (χ0n) is 11.2. The van der Waals surface area contributed by atoms with Gasteiger partial charge in [-0.05, 0) is 32.6 Å². The molecule has 0 aliphatic heterocycles. The number of hydrogen-bond acceptors (Lipinski definition) is 2. The van der Waals surface area contributed by atoms with Crippen molar-refractivity contribution in [3.8, 4) is 0 Å². The lowest BCUT2D eigenvalue weighted by molar-refractivity contribution is 0.154. The number of likely N-dealkylation sites (N-methyl/N-ethyl adjacent to an activating group) is 1. The molecule has 96 valence electrons. The topological polar surface area (TPSA) is 52.6 Å². The second kappa shape index (κ2) is 7.49. The Morgan fingerprint density at radius 2 is 1.81 bits per heavy atom. The van der Waals surface area contributed by atoms with E-state index in [2.05, 4.69) is 19.2 Å². The van der Waals surface area contributed by atoms with Crippen LogP contribution < -0.4 is 5.32 Å². The first-order chi connectivity index (χ1) is 7.38. The standard InChI is InChI=1S/C12H26N2O2/c1-9(2)6-7-10(3)13-12(16)14(5)11(4)8-15/h9-11,15H,6-8H2,1-5H3,(H,13,16). The summed E-state index contributed by atoms with van der Waals surface area (Å²) in [5, 5.41) is 11.9. The Bertz CT molecular complexity index is 207. The summed E-state index contributed by atoms with van der Waals surface area (Å²) in [6.07, 6.45) is 2.10. The highest BCUT2D eigenvalue weighted by atomic mass is 16.3. The van der Waals surface area contributed by atoms with Crippen LogP contribution in [-0.4, -0.2) is 41.8 Å². The van der Waals surface area contributed by atoms with Gasteiger partial charge in [0.25, 0.3) is 0 Å². The van der Waals surface area contributed by atoms with Crippen LogP contribution in [0.3, 0.4) is 0 Å². The van der Waals surface area contributed by atoms with Crippen LogP contribution in [0, 0.1) is 5.92 Å². The Morgan fingerprint density at radius 1 is 1.25 bits per heavy atom. The minimum absolute atomic E-state index is 0.00963. The van der Waals surface area contributed by atoms with Crippen molar-refractivity contribution in [2.75, 3.05) is 13.7 Å². The summed E-state index contributed by atoms with van der Waals surface area (Å²) in [6.45, 7) is 8.17. The normalized spacial score (nSPS) is 14.7. The van der Waals surface area contributed by atoms with Gasteiger partial charge in [-0.3, -0.25) is 0 Å². The van der Waals surface area contributed by atoms with Crippen molar-refractivity contribution >= 4 is 6.03 Å². The van der Waals surface area contributed by atoms with Crippen LogP contribution in [0.2, 0.25) is 0 Å². The Balaban J connectivity index is 3.94. The molecule has 0 saturated carbocycles. The molecule has 0 spiro atoms. The molecule has 0 aliphatic rings. The van der Waals surface area contributed by atoms with Crippen LogP contribution in [-0.2, 0) is 0 Å². The van der Waals surface area contributed by atoms with E-state index in [0.717, 1.165) is 12.8 Å². The van der Waals surface area contributed by atoms with Gasteiger partial charge in [0.2, 0.25) is 0 Å². The van der Waals surface area contributed by atoms with Crippen molar-refractivity contribution in [1.29, 1.82) is 0 Å². The van der Waals surface area contributed by atoms with Crippen molar-refractivity contribution in [3.63, 3.8) is 0 Å². The van der Waals surface area contributed by atoms with Crippen LogP contribution in [0.15, 0.2) is 0 Å². The quantitative estimate of drug-likeness (QED) is 0.731. The largest absolute Gasteiger partial charge is 0.394 e. The fraction of sp³-hybridized carbons (Fsp3) is 0.917. The Hall–Kier alpha value is -0.770. The van der Waals surface area contributed by atoms with Gasteiger partial charge in [0.1, 0.15) is 0 Å². The number of hydrogen-bond donors (Lipinski definition) is 2. The van der Waals surface area contributed by atoms with Crippen LogP contribution in [0.4, 0.5) is 4.79 Å². The molecule has 0 aromatic heterocycles. The molecule has 16 heavy (non-hydrogen) atoms. The molecule has 0 aromatic rings. The van der Waals surface area contributed by atoms with Gasteiger partial charge in [0, 0.05) is 13.1 Å². The van der Waals surface area contributed by atoms with E-state index < -0.39 is 0 Å². The van der Waals surface area contributed by atoms with Gasteiger partial charge in [-0.1, -0.05) is 13.8 Å². The first-order valence-electron chi connectivity index (χ1n) is 6.02. The first-order valence-corrected chi connectivity index (χ1v) is 6.02. The highest BCUT2D eigenvalue weighted by Gasteiger charge is 2.16. The van der Waals surface area contributed by atoms with Crippen molar-refractivity contribution in [2.24, 2.45) is 5.92 Å². The summed E-state index contributed by atoms with van der Waals surface area (Å²) in [5.41, 5.74) is 0. The molecule has 0 bridgehead atoms. The first kappa shape index (κ1) is 15.2. The van der Waals surface area contributed by atoms with Crippen LogP contribution >= 0.6 is 0 Å². The molecule has 0 heterocycles. The van der Waals surface area contributed by atoms with Gasteiger partial charge in [-0.25, -0.2) is 4.79 Å². The van der Waals surface area contributed by atoms with E-state index in [0.29, 0.717) is 5.92 Å². The van der Waals surface area contributed by atoms with E-state index in [4.69, 9.17) is 5.11 Å². The SMILES string of the molecule is CC(C)CCC(C)NC(=O)N(C)C(C)CO. The maximum atomic E-state index is 11.7. The maximum Gasteiger partial charge on any atom is 0.317 e. The lowest BCUT2D eigenvalue weighted by Crippen LogP contribution is -2.46. The van der Waals surface area contributed by atoms with Gasteiger partial charge in [-0.15, -0.1) is 0 Å². The van der Waals surface area contributed by atoms with E-state index in [9.17, 15) is 4.79 Å². The lowest BCUT2D eigenvalue weighted by atomic mass is 10.0. The fourth-order valence-corrected chi connectivity index (χ4v) is 1.29. The molecule has 4 heteroatoms. The predicted molar refractivity (Wildman–Crippen MR) is 66.4 cm³/mol. The number of amides is 2. The molecule has 0 fully saturated rings. The summed E-state index contributed by atoms with van der Waals surface area (Å²) in [6, 6.07) is -0.0710. The molecular weight excluding hydrogens is 204 g/mol. The smallest absolute Gasteiger partial charge is 0.317 e. The van der Waals surface area contributed by atoms with Crippen molar-refractivity contribution in [2.45, 2.75) is 52.6 Å². The van der Waals surface area contributed by atoms with E-state index in [-0.39, 0.29) is 24.7 Å². The minimum Gasteiger partial charge on any atom is -0.394 e. The third-order valence-corrected chi connectivity index (χ3v) is 2.79. The third kappa shape index (κ3) is 5.95. The number of aliphatic hydroxyl groups excluding tert-OH is 1. The maximum absolute atomic E-state index is 11.7. The summed E-state index contributed by atoms with van der Waals surface area (Å²) in [7, 11) is 1.70. The van der Waals surface area contributed by atoms with Crippen LogP contribution in [0.1, 0.15) is 40.5 Å². The number of nitrogens with zero attached hydrogens (tertiary/aromatic N) is 1. The molecule has 2 unspecified atom stereocenters. The molecule has 0 rings (SSSR count). The number of aliphatic hydroxyl groups is 1. The van der Waals surface area contributed by atoms with Gasteiger partial charge in [-0.2, -0.15) is 0 Å². The van der Waals surface area contributed by atoms with Gasteiger partial charge in [0.05, 0.1) is 12.6 Å². The zero-order chi connectivity index (χ0) is 12.7. The molecule has 0 aromatic carbocycles. The average Bonchev–Trinajstić information content (AvgIpc) is 2.24. The number of carbonyl (C=O) groups is 1. The van der Waals surface area contributed by atoms with Crippen molar-refractivity contribution < 1.29 is 9.90 Å². The highest BCUT2D eigenvalue weighted by molar-refractivity contribution is 5.74. The Kier molecular flexibility index (Phi) is 7.13. The molecule has 0 saturated heterocycles. The Morgan fingerprint density at radius 3 is 2.25 bits per heavy atom. The molecule has 2 atom stereocenters. The molecular formula is C12H26N2O2. The summed E-state index contributed by atoms with van der Waals surface area (Å²) in [5.74, 6) is 0.661. The van der Waals surface area contributed by atoms with Crippen molar-refractivity contribution in [1.82, 2.24) is 10.2 Å². The van der Waals surface area contributed by atoms with Crippen LogP contribution in [0.5, 0.6) is 0 Å². The number of rotatable bonds is 6. The third-order valence-electron chi connectivity index (χ3n) is 2.79. The number of carbonyl (C=O) groups excluding carboxylic acids is 1. The summed E-state index contributed by atoms with van der Waals surface area (Å²) >= 11 is 0. The second-order valence-corrected chi connectivity index (χ2v) is 4.96. The Labute approximate surface area is 99.0 Å². The van der Waals surface area contributed by atoms with Gasteiger partial charge >= 0.3 is 6.03 Å². The second-order valence-electron chi connectivity index (χ2n) is 4.96. The average molecular weight is 230 g/mol. The van der Waals surface area contributed by atoms with E-state index in [1.807, 2.05) is 13.8 Å². The fourth-order valence-electron chi connectivity index (χ4n) is 1.29. The van der Waals surface area contributed by atoms with E-state index >= 15 is 0 Å². The lowest BCUT2D eigenvalue weighted by Gasteiger charge is -2.25. The van der Waals surface area contributed by atoms with E-state index in [1.165, 1.54) is 4.90 Å². The summed E-state index contributed by atoms with van der Waals surface area (Å²) < 4.78 is 0. The predicted octanol–water partition coefficient (Wildman–Crippen LogP) is 1.83. The zero-order valence-corrected chi connectivity index (χ0v) is 11.2. The number of urea groups is 1. The minimum atomic E-state index is -0.141. The summed E-state index contributed by atoms with van der Waals surface area (Å²) in [4.78, 5) is 13.2. The van der Waals surface area contributed by atoms with Crippen molar-refractivity contribution in [3.05, 3.63) is 0 Å². The molecule has 0 radical (unpaired) electrons.